The molecule has 0 unspecified atom stereocenters. The summed E-state index contributed by atoms with van der Waals surface area (Å²) in [6.45, 7) is 7.31. The fourth-order valence-electron chi connectivity index (χ4n) is 4.49. The van der Waals surface area contributed by atoms with Crippen molar-refractivity contribution in [1.29, 1.82) is 0 Å². The van der Waals surface area contributed by atoms with Crippen molar-refractivity contribution in [2.75, 3.05) is 44.2 Å². The third kappa shape index (κ3) is 4.81. The zero-order chi connectivity index (χ0) is 23.5. The van der Waals surface area contributed by atoms with Crippen molar-refractivity contribution in [2.24, 2.45) is 0 Å². The van der Waals surface area contributed by atoms with Crippen LogP contribution in [0.3, 0.4) is 0 Å². The lowest BCUT2D eigenvalue weighted by Crippen LogP contribution is -2.47. The first-order chi connectivity index (χ1) is 16.6. The highest BCUT2D eigenvalue weighted by molar-refractivity contribution is 6.30. The normalized spacial score (nSPS) is 14.5. The Morgan fingerprint density at radius 3 is 2.41 bits per heavy atom. The molecule has 1 saturated heterocycles. The molecule has 0 atom stereocenters. The predicted octanol–water partition coefficient (Wildman–Crippen LogP) is 5.62. The molecule has 4 aromatic rings. The molecule has 5 rings (SSSR count). The molecule has 5 nitrogen and oxygen atoms in total. The summed E-state index contributed by atoms with van der Waals surface area (Å²) in [4.78, 5) is 18.0. The van der Waals surface area contributed by atoms with Crippen LogP contribution in [0.25, 0.3) is 22.1 Å². The standard InChI is InChI=1S/C28H27ClN2O3/c1-20-27(21-7-9-22(29)10-8-21)28(32)25-12-11-24(19-26(25)34-20)33-18-17-30-13-15-31(16-14-30)23-5-3-2-4-6-23/h2-12,19H,13-18H2,1H3. The van der Waals surface area contributed by atoms with Crippen LogP contribution in [0.2, 0.25) is 5.02 Å². The Labute approximate surface area is 204 Å². The van der Waals surface area contributed by atoms with E-state index in [2.05, 4.69) is 40.1 Å². The molecule has 1 aromatic heterocycles. The summed E-state index contributed by atoms with van der Waals surface area (Å²) in [5, 5.41) is 1.17. The second-order valence-electron chi connectivity index (χ2n) is 8.54. The summed E-state index contributed by atoms with van der Waals surface area (Å²) >= 11 is 5.99. The number of hydrogen-bond acceptors (Lipinski definition) is 5. The summed E-state index contributed by atoms with van der Waals surface area (Å²) in [5.74, 6) is 1.28. The van der Waals surface area contributed by atoms with E-state index in [0.29, 0.717) is 39.7 Å². The van der Waals surface area contributed by atoms with Crippen molar-refractivity contribution in [2.45, 2.75) is 6.92 Å². The number of anilines is 1. The van der Waals surface area contributed by atoms with Gasteiger partial charge >= 0.3 is 0 Å². The fraction of sp³-hybridized carbons (Fsp3) is 0.250. The molecule has 0 bridgehead atoms. The smallest absolute Gasteiger partial charge is 0.200 e. The van der Waals surface area contributed by atoms with E-state index in [1.807, 2.05) is 31.2 Å². The molecule has 0 saturated carbocycles. The number of aryl methyl sites for hydroxylation is 1. The first-order valence-corrected chi connectivity index (χ1v) is 11.9. The Morgan fingerprint density at radius 2 is 1.68 bits per heavy atom. The molecule has 0 spiro atoms. The maximum absolute atomic E-state index is 13.2. The number of nitrogens with zero attached hydrogens (tertiary/aromatic N) is 2. The lowest BCUT2D eigenvalue weighted by molar-refractivity contribution is 0.200. The van der Waals surface area contributed by atoms with Crippen LogP contribution in [0, 0.1) is 6.92 Å². The van der Waals surface area contributed by atoms with Gasteiger partial charge in [0.05, 0.1) is 10.9 Å². The number of piperazine rings is 1. The molecule has 34 heavy (non-hydrogen) atoms. The predicted molar refractivity (Wildman–Crippen MR) is 138 cm³/mol. The van der Waals surface area contributed by atoms with Gasteiger partial charge in [-0.1, -0.05) is 41.9 Å². The highest BCUT2D eigenvalue weighted by atomic mass is 35.5. The Bertz CT molecular complexity index is 1330. The Balaban J connectivity index is 1.22. The topological polar surface area (TPSA) is 45.9 Å². The van der Waals surface area contributed by atoms with E-state index in [9.17, 15) is 4.79 Å². The summed E-state index contributed by atoms with van der Waals surface area (Å²) in [5.41, 5.74) is 3.13. The summed E-state index contributed by atoms with van der Waals surface area (Å²) in [7, 11) is 0. The average molecular weight is 475 g/mol. The minimum absolute atomic E-state index is 0.0519. The van der Waals surface area contributed by atoms with Gasteiger partial charge in [0.2, 0.25) is 5.43 Å². The van der Waals surface area contributed by atoms with Gasteiger partial charge in [0.1, 0.15) is 23.7 Å². The molecule has 3 aromatic carbocycles. The first-order valence-electron chi connectivity index (χ1n) is 11.6. The lowest BCUT2D eigenvalue weighted by Gasteiger charge is -2.36. The number of ether oxygens (including phenoxy) is 1. The second kappa shape index (κ2) is 9.92. The third-order valence-corrected chi connectivity index (χ3v) is 6.59. The molecule has 0 radical (unpaired) electrons. The van der Waals surface area contributed by atoms with E-state index in [-0.39, 0.29) is 5.43 Å². The maximum Gasteiger partial charge on any atom is 0.200 e. The summed E-state index contributed by atoms with van der Waals surface area (Å²) in [6.07, 6.45) is 0. The number of fused-ring (bicyclic) bond motifs is 1. The number of rotatable bonds is 6. The minimum atomic E-state index is -0.0519. The first kappa shape index (κ1) is 22.5. The Morgan fingerprint density at radius 1 is 0.941 bits per heavy atom. The summed E-state index contributed by atoms with van der Waals surface area (Å²) < 4.78 is 12.0. The van der Waals surface area contributed by atoms with Crippen LogP contribution < -0.4 is 15.1 Å². The Kier molecular flexibility index (Phi) is 6.57. The quantitative estimate of drug-likeness (QED) is 0.363. The van der Waals surface area contributed by atoms with Crippen LogP contribution in [0.4, 0.5) is 5.69 Å². The van der Waals surface area contributed by atoms with Crippen LogP contribution in [0.1, 0.15) is 5.76 Å². The molecule has 6 heteroatoms. The fourth-order valence-corrected chi connectivity index (χ4v) is 4.61. The van der Waals surface area contributed by atoms with E-state index in [1.165, 1.54) is 5.69 Å². The highest BCUT2D eigenvalue weighted by Crippen LogP contribution is 2.27. The van der Waals surface area contributed by atoms with E-state index in [1.54, 1.807) is 18.2 Å². The number of benzene rings is 3. The van der Waals surface area contributed by atoms with Crippen molar-refractivity contribution < 1.29 is 9.15 Å². The number of halogens is 1. The van der Waals surface area contributed by atoms with Crippen LogP contribution in [0.5, 0.6) is 5.75 Å². The van der Waals surface area contributed by atoms with Gasteiger partial charge in [-0.2, -0.15) is 0 Å². The van der Waals surface area contributed by atoms with Crippen LogP contribution >= 0.6 is 11.6 Å². The number of para-hydroxylation sites is 1. The molecule has 0 aliphatic carbocycles. The summed E-state index contributed by atoms with van der Waals surface area (Å²) in [6, 6.07) is 23.2. The van der Waals surface area contributed by atoms with Crippen LogP contribution in [0.15, 0.2) is 82.0 Å². The molecule has 0 N–H and O–H groups in total. The van der Waals surface area contributed by atoms with Crippen molar-refractivity contribution in [3.05, 3.63) is 93.8 Å². The molecule has 1 aliphatic heterocycles. The molecule has 2 heterocycles. The van der Waals surface area contributed by atoms with Gasteiger partial charge < -0.3 is 14.1 Å². The van der Waals surface area contributed by atoms with Crippen molar-refractivity contribution in [3.63, 3.8) is 0 Å². The monoisotopic (exact) mass is 474 g/mol. The van der Waals surface area contributed by atoms with E-state index < -0.39 is 0 Å². The van der Waals surface area contributed by atoms with Gasteiger partial charge in [-0.05, 0) is 48.9 Å². The maximum atomic E-state index is 13.2. The zero-order valence-electron chi connectivity index (χ0n) is 19.2. The molecule has 1 aliphatic rings. The van der Waals surface area contributed by atoms with Gasteiger partial charge in [-0.25, -0.2) is 0 Å². The SMILES string of the molecule is Cc1oc2cc(OCCN3CCN(c4ccccc4)CC3)ccc2c(=O)c1-c1ccc(Cl)cc1. The third-order valence-electron chi connectivity index (χ3n) is 6.34. The minimum Gasteiger partial charge on any atom is -0.492 e. The van der Waals surface area contributed by atoms with Crippen molar-refractivity contribution >= 4 is 28.3 Å². The molecule has 0 amide bonds. The number of hydrogen-bond donors (Lipinski definition) is 0. The van der Waals surface area contributed by atoms with Gasteiger partial charge in [-0.15, -0.1) is 0 Å². The Hall–Kier alpha value is -3.28. The van der Waals surface area contributed by atoms with Gasteiger partial charge in [0, 0.05) is 49.5 Å². The largest absolute Gasteiger partial charge is 0.492 e. The van der Waals surface area contributed by atoms with Crippen molar-refractivity contribution in [1.82, 2.24) is 4.90 Å². The molecule has 174 valence electrons. The second-order valence-corrected chi connectivity index (χ2v) is 8.98. The molecular weight excluding hydrogens is 448 g/mol. The van der Waals surface area contributed by atoms with Gasteiger partial charge in [0.15, 0.2) is 0 Å². The lowest BCUT2D eigenvalue weighted by atomic mass is 10.0. The molecular formula is C28H27ClN2O3. The van der Waals surface area contributed by atoms with Gasteiger partial charge in [-0.3, -0.25) is 9.69 Å². The van der Waals surface area contributed by atoms with E-state index in [4.69, 9.17) is 20.8 Å². The average Bonchev–Trinajstić information content (AvgIpc) is 2.86. The molecule has 1 fully saturated rings. The van der Waals surface area contributed by atoms with E-state index >= 15 is 0 Å². The van der Waals surface area contributed by atoms with Gasteiger partial charge in [0.25, 0.3) is 0 Å². The zero-order valence-corrected chi connectivity index (χ0v) is 19.9. The van der Waals surface area contributed by atoms with Crippen LogP contribution in [-0.4, -0.2) is 44.2 Å². The van der Waals surface area contributed by atoms with E-state index in [0.717, 1.165) is 38.3 Å². The van der Waals surface area contributed by atoms with Crippen LogP contribution in [-0.2, 0) is 0 Å². The van der Waals surface area contributed by atoms with Crippen molar-refractivity contribution in [3.8, 4) is 16.9 Å². The highest BCUT2D eigenvalue weighted by Gasteiger charge is 2.17.